The molecule has 0 bridgehead atoms. The quantitative estimate of drug-likeness (QED) is 0.298. The summed E-state index contributed by atoms with van der Waals surface area (Å²) >= 11 is 0. The molecule has 176 valence electrons. The van der Waals surface area contributed by atoms with Gasteiger partial charge in [-0.3, -0.25) is 14.4 Å². The van der Waals surface area contributed by atoms with Gasteiger partial charge in [-0.1, -0.05) is 36.4 Å². The van der Waals surface area contributed by atoms with Crippen molar-refractivity contribution in [3.05, 3.63) is 65.5 Å². The molecule has 0 heterocycles. The highest BCUT2D eigenvalue weighted by Crippen LogP contribution is 2.16. The Hall–Kier alpha value is -3.79. The number of carbonyl (C=O) groups is 4. The molecule has 0 radical (unpaired) electrons. The molecule has 3 atom stereocenters. The third-order valence-electron chi connectivity index (χ3n) is 4.74. The van der Waals surface area contributed by atoms with Gasteiger partial charge in [0.1, 0.15) is 12.3 Å². The number of carbonyl (C=O) groups excluding carboxylic acids is 4. The second-order valence-corrected chi connectivity index (χ2v) is 7.56. The molecule has 10 heteroatoms. The SMILES string of the molecule is C[C@@H](C=O)NC(=O)[C@H](Cc1ccccc1)NC(=O)CNC(=O)[C@@H](N)Cc1ccc(O)c(F)c1. The predicted octanol–water partition coefficient (Wildman–Crippen LogP) is -0.0516. The average molecular weight is 458 g/mol. The van der Waals surface area contributed by atoms with Crippen LogP contribution >= 0.6 is 0 Å². The minimum absolute atomic E-state index is 0.00667. The second-order valence-electron chi connectivity index (χ2n) is 7.56. The lowest BCUT2D eigenvalue weighted by molar-refractivity contribution is -0.130. The minimum atomic E-state index is -1.06. The van der Waals surface area contributed by atoms with Gasteiger partial charge in [0.25, 0.3) is 0 Å². The van der Waals surface area contributed by atoms with Gasteiger partial charge in [-0.15, -0.1) is 0 Å². The van der Waals surface area contributed by atoms with Crippen LogP contribution in [0.25, 0.3) is 0 Å². The van der Waals surface area contributed by atoms with Crippen molar-refractivity contribution >= 4 is 24.0 Å². The van der Waals surface area contributed by atoms with E-state index in [1.807, 2.05) is 6.07 Å². The molecule has 2 aromatic rings. The van der Waals surface area contributed by atoms with Gasteiger partial charge in [0, 0.05) is 6.42 Å². The molecule has 6 N–H and O–H groups in total. The summed E-state index contributed by atoms with van der Waals surface area (Å²) in [6, 6.07) is 9.91. The zero-order valence-electron chi connectivity index (χ0n) is 18.1. The molecule has 0 aliphatic carbocycles. The van der Waals surface area contributed by atoms with E-state index in [9.17, 15) is 28.7 Å². The largest absolute Gasteiger partial charge is 0.505 e. The first kappa shape index (κ1) is 25.5. The standard InChI is InChI=1S/C23H27FN4O5/c1-14(13-29)27-23(33)19(11-15-5-3-2-4-6-15)28-21(31)12-26-22(32)18(25)10-16-7-8-20(30)17(24)9-16/h2-9,13-14,18-19,30H,10-12,25H2,1H3,(H,26,32)(H,27,33)(H,28,31)/t14-,18-,19-/m0/s1. The summed E-state index contributed by atoms with van der Waals surface area (Å²) in [5.41, 5.74) is 7.02. The summed E-state index contributed by atoms with van der Waals surface area (Å²) in [7, 11) is 0. The molecule has 33 heavy (non-hydrogen) atoms. The van der Waals surface area contributed by atoms with Crippen LogP contribution in [-0.2, 0) is 32.0 Å². The summed E-state index contributed by atoms with van der Waals surface area (Å²) in [6.45, 7) is 1.08. The van der Waals surface area contributed by atoms with Gasteiger partial charge in [-0.25, -0.2) is 4.39 Å². The Morgan fingerprint density at radius 2 is 1.73 bits per heavy atom. The number of benzene rings is 2. The molecule has 0 aliphatic rings. The molecular formula is C23H27FN4O5. The first-order valence-electron chi connectivity index (χ1n) is 10.3. The van der Waals surface area contributed by atoms with Gasteiger partial charge in [-0.05, 0) is 36.6 Å². The van der Waals surface area contributed by atoms with Crippen LogP contribution in [0.4, 0.5) is 4.39 Å². The molecule has 0 unspecified atom stereocenters. The highest BCUT2D eigenvalue weighted by Gasteiger charge is 2.23. The van der Waals surface area contributed by atoms with Crippen LogP contribution in [0.5, 0.6) is 5.75 Å². The van der Waals surface area contributed by atoms with E-state index < -0.39 is 54.0 Å². The van der Waals surface area contributed by atoms with E-state index in [1.165, 1.54) is 13.0 Å². The Labute approximate surface area is 190 Å². The zero-order valence-corrected chi connectivity index (χ0v) is 18.1. The predicted molar refractivity (Wildman–Crippen MR) is 118 cm³/mol. The summed E-state index contributed by atoms with van der Waals surface area (Å²) in [5, 5.41) is 16.7. The van der Waals surface area contributed by atoms with Crippen molar-refractivity contribution in [2.24, 2.45) is 5.73 Å². The number of hydrogen-bond acceptors (Lipinski definition) is 6. The van der Waals surface area contributed by atoms with Crippen LogP contribution in [0.3, 0.4) is 0 Å². The van der Waals surface area contributed by atoms with E-state index in [0.29, 0.717) is 11.8 Å². The third kappa shape index (κ3) is 8.34. The maximum absolute atomic E-state index is 13.4. The molecule has 0 aromatic heterocycles. The second kappa shape index (κ2) is 12.3. The maximum atomic E-state index is 13.4. The van der Waals surface area contributed by atoms with Crippen LogP contribution in [0.2, 0.25) is 0 Å². The van der Waals surface area contributed by atoms with E-state index in [1.54, 1.807) is 24.3 Å². The Bertz CT molecular complexity index is 986. The fraction of sp³-hybridized carbons (Fsp3) is 0.304. The maximum Gasteiger partial charge on any atom is 0.243 e. The minimum Gasteiger partial charge on any atom is -0.505 e. The number of nitrogens with one attached hydrogen (secondary N) is 3. The summed E-state index contributed by atoms with van der Waals surface area (Å²) in [4.78, 5) is 48.0. The van der Waals surface area contributed by atoms with E-state index in [0.717, 1.165) is 17.7 Å². The van der Waals surface area contributed by atoms with Gasteiger partial charge in [0.2, 0.25) is 17.7 Å². The highest BCUT2D eigenvalue weighted by atomic mass is 19.1. The van der Waals surface area contributed by atoms with E-state index in [2.05, 4.69) is 16.0 Å². The molecule has 2 aromatic carbocycles. The molecule has 0 saturated heterocycles. The van der Waals surface area contributed by atoms with E-state index in [4.69, 9.17) is 5.73 Å². The van der Waals surface area contributed by atoms with Crippen molar-refractivity contribution in [3.8, 4) is 5.75 Å². The molecule has 0 saturated carbocycles. The van der Waals surface area contributed by atoms with Gasteiger partial charge in [0.05, 0.1) is 18.6 Å². The average Bonchev–Trinajstić information content (AvgIpc) is 2.79. The molecule has 9 nitrogen and oxygen atoms in total. The lowest BCUT2D eigenvalue weighted by atomic mass is 10.0. The van der Waals surface area contributed by atoms with E-state index in [-0.39, 0.29) is 12.8 Å². The van der Waals surface area contributed by atoms with Crippen LogP contribution in [-0.4, -0.2) is 53.8 Å². The molecule has 0 aliphatic heterocycles. The van der Waals surface area contributed by atoms with Crippen molar-refractivity contribution in [3.63, 3.8) is 0 Å². The fourth-order valence-electron chi connectivity index (χ4n) is 2.99. The Balaban J connectivity index is 1.93. The lowest BCUT2D eigenvalue weighted by Gasteiger charge is -2.20. The number of aldehydes is 1. The van der Waals surface area contributed by atoms with Crippen molar-refractivity contribution in [1.82, 2.24) is 16.0 Å². The fourth-order valence-corrected chi connectivity index (χ4v) is 2.99. The third-order valence-corrected chi connectivity index (χ3v) is 4.74. The first-order chi connectivity index (χ1) is 15.7. The lowest BCUT2D eigenvalue weighted by Crippen LogP contribution is -2.53. The number of rotatable bonds is 11. The van der Waals surface area contributed by atoms with Crippen LogP contribution in [0, 0.1) is 5.82 Å². The summed E-state index contributed by atoms with van der Waals surface area (Å²) in [6.07, 6.45) is 0.748. The number of nitrogens with two attached hydrogens (primary N) is 1. The Morgan fingerprint density at radius 3 is 2.36 bits per heavy atom. The Kier molecular flexibility index (Phi) is 9.49. The van der Waals surface area contributed by atoms with Crippen LogP contribution < -0.4 is 21.7 Å². The monoisotopic (exact) mass is 458 g/mol. The van der Waals surface area contributed by atoms with E-state index >= 15 is 0 Å². The molecule has 3 amide bonds. The molecule has 0 fully saturated rings. The summed E-state index contributed by atoms with van der Waals surface area (Å²) in [5.74, 6) is -3.14. The molecule has 2 rings (SSSR count). The first-order valence-corrected chi connectivity index (χ1v) is 10.3. The number of amides is 3. The van der Waals surface area contributed by atoms with Crippen molar-refractivity contribution in [2.75, 3.05) is 6.54 Å². The molecule has 0 spiro atoms. The number of halogens is 1. The van der Waals surface area contributed by atoms with Gasteiger partial charge >= 0.3 is 0 Å². The zero-order chi connectivity index (χ0) is 24.4. The number of hydrogen-bond donors (Lipinski definition) is 5. The van der Waals surface area contributed by atoms with Crippen molar-refractivity contribution in [1.29, 1.82) is 0 Å². The van der Waals surface area contributed by atoms with Gasteiger partial charge in [0.15, 0.2) is 11.6 Å². The van der Waals surface area contributed by atoms with Crippen molar-refractivity contribution < 1.29 is 28.7 Å². The Morgan fingerprint density at radius 1 is 1.03 bits per heavy atom. The number of phenols is 1. The normalized spacial score (nSPS) is 13.3. The van der Waals surface area contributed by atoms with Crippen LogP contribution in [0.1, 0.15) is 18.1 Å². The summed E-state index contributed by atoms with van der Waals surface area (Å²) < 4.78 is 13.4. The number of aromatic hydroxyl groups is 1. The highest BCUT2D eigenvalue weighted by molar-refractivity contribution is 5.92. The van der Waals surface area contributed by atoms with Crippen LogP contribution in [0.15, 0.2) is 48.5 Å². The topological polar surface area (TPSA) is 151 Å². The number of phenolic OH excluding ortho intramolecular Hbond substituents is 1. The molecular weight excluding hydrogens is 431 g/mol. The van der Waals surface area contributed by atoms with Gasteiger partial charge in [-0.2, -0.15) is 0 Å². The van der Waals surface area contributed by atoms with Gasteiger partial charge < -0.3 is 31.6 Å². The smallest absolute Gasteiger partial charge is 0.243 e. The van der Waals surface area contributed by atoms with Crippen molar-refractivity contribution in [2.45, 2.75) is 37.9 Å².